The summed E-state index contributed by atoms with van der Waals surface area (Å²) in [6.45, 7) is 11.7. The molecule has 0 spiro atoms. The fourth-order valence-electron chi connectivity index (χ4n) is 3.18. The first-order chi connectivity index (χ1) is 12.3. The van der Waals surface area contributed by atoms with E-state index in [4.69, 9.17) is 0 Å². The van der Waals surface area contributed by atoms with Gasteiger partial charge in [-0.15, -0.1) is 0 Å². The summed E-state index contributed by atoms with van der Waals surface area (Å²) in [5.74, 6) is 0.229. The number of anilines is 1. The van der Waals surface area contributed by atoms with E-state index in [0.29, 0.717) is 30.8 Å². The molecule has 1 heterocycles. The van der Waals surface area contributed by atoms with Crippen LogP contribution >= 0.6 is 0 Å². The molecule has 0 fully saturated rings. The van der Waals surface area contributed by atoms with Crippen molar-refractivity contribution in [1.29, 1.82) is 0 Å². The Balaban J connectivity index is 2.26. The fraction of sp³-hybridized carbons (Fsp3) is 0.632. The summed E-state index contributed by atoms with van der Waals surface area (Å²) in [5.41, 5.74) is 1.61. The van der Waals surface area contributed by atoms with Crippen LogP contribution in [0.15, 0.2) is 23.1 Å². The van der Waals surface area contributed by atoms with Crippen LogP contribution in [0.1, 0.15) is 39.7 Å². The molecule has 0 aromatic heterocycles. The van der Waals surface area contributed by atoms with Gasteiger partial charge in [-0.25, -0.2) is 8.42 Å². The number of amides is 1. The molecule has 1 aromatic carbocycles. The molecule has 1 aliphatic heterocycles. The lowest BCUT2D eigenvalue weighted by atomic mass is 10.0. The van der Waals surface area contributed by atoms with Gasteiger partial charge in [-0.2, -0.15) is 4.31 Å². The van der Waals surface area contributed by atoms with Crippen molar-refractivity contribution in [3.8, 4) is 0 Å². The first-order valence-electron chi connectivity index (χ1n) is 9.43. The van der Waals surface area contributed by atoms with Gasteiger partial charge in [0.25, 0.3) is 0 Å². The Labute approximate surface area is 157 Å². The Morgan fingerprint density at radius 3 is 2.42 bits per heavy atom. The molecule has 0 bridgehead atoms. The molecule has 0 atom stereocenters. The van der Waals surface area contributed by atoms with E-state index >= 15 is 0 Å². The van der Waals surface area contributed by atoms with Crippen LogP contribution in [0.4, 0.5) is 5.69 Å². The molecule has 0 saturated heterocycles. The Hall–Kier alpha value is -1.44. The van der Waals surface area contributed by atoms with E-state index in [9.17, 15) is 13.2 Å². The molecule has 0 radical (unpaired) electrons. The normalized spacial score (nSPS) is 14.8. The maximum atomic E-state index is 13.2. The maximum absolute atomic E-state index is 13.2. The highest BCUT2D eigenvalue weighted by molar-refractivity contribution is 7.89. The molecule has 1 N–H and O–H groups in total. The van der Waals surface area contributed by atoms with Crippen molar-refractivity contribution >= 4 is 21.6 Å². The quantitative estimate of drug-likeness (QED) is 0.714. The van der Waals surface area contributed by atoms with Gasteiger partial charge in [0.2, 0.25) is 15.9 Å². The lowest BCUT2D eigenvalue weighted by Crippen LogP contribution is -2.40. The number of hydrogen-bond acceptors (Lipinski definition) is 4. The lowest BCUT2D eigenvalue weighted by Gasteiger charge is -2.28. The summed E-state index contributed by atoms with van der Waals surface area (Å²) in [5, 5.41) is 2.80. The monoisotopic (exact) mass is 381 g/mol. The van der Waals surface area contributed by atoms with Crippen LogP contribution in [0.5, 0.6) is 0 Å². The highest BCUT2D eigenvalue weighted by Gasteiger charge is 2.27. The zero-order chi connectivity index (χ0) is 19.3. The van der Waals surface area contributed by atoms with Crippen molar-refractivity contribution in [2.75, 3.05) is 38.0 Å². The summed E-state index contributed by atoms with van der Waals surface area (Å²) in [7, 11) is -3.56. The minimum absolute atomic E-state index is 0.0197. The lowest BCUT2D eigenvalue weighted by molar-refractivity contribution is -0.116. The van der Waals surface area contributed by atoms with Crippen LogP contribution in [0.25, 0.3) is 0 Å². The highest BCUT2D eigenvalue weighted by Crippen LogP contribution is 2.27. The third-order valence-electron chi connectivity index (χ3n) is 4.74. The van der Waals surface area contributed by atoms with Crippen molar-refractivity contribution in [2.24, 2.45) is 5.92 Å². The second-order valence-corrected chi connectivity index (χ2v) is 9.09. The van der Waals surface area contributed by atoms with Crippen LogP contribution in [0.3, 0.4) is 0 Å². The molecule has 0 aliphatic carbocycles. The second-order valence-electron chi connectivity index (χ2n) is 7.15. The zero-order valence-electron chi connectivity index (χ0n) is 16.3. The average Bonchev–Trinajstić information content (AvgIpc) is 2.60. The molecule has 1 amide bonds. The Morgan fingerprint density at radius 1 is 1.12 bits per heavy atom. The van der Waals surface area contributed by atoms with E-state index in [0.717, 1.165) is 30.9 Å². The molecule has 0 unspecified atom stereocenters. The summed E-state index contributed by atoms with van der Waals surface area (Å²) >= 11 is 0. The van der Waals surface area contributed by atoms with Crippen molar-refractivity contribution in [3.63, 3.8) is 0 Å². The van der Waals surface area contributed by atoms with Gasteiger partial charge in [-0.05, 0) is 49.2 Å². The molecule has 26 heavy (non-hydrogen) atoms. The van der Waals surface area contributed by atoms with Gasteiger partial charge in [0.1, 0.15) is 0 Å². The van der Waals surface area contributed by atoms with Crippen LogP contribution in [-0.4, -0.2) is 56.3 Å². The number of benzene rings is 1. The average molecular weight is 382 g/mol. The third kappa shape index (κ3) is 5.05. The number of likely N-dealkylation sites (N-methyl/N-ethyl adjacent to an activating group) is 1. The van der Waals surface area contributed by atoms with Crippen LogP contribution in [0, 0.1) is 5.92 Å². The topological polar surface area (TPSA) is 69.7 Å². The number of nitrogens with zero attached hydrogens (tertiary/aromatic N) is 2. The van der Waals surface area contributed by atoms with Crippen LogP contribution in [-0.2, 0) is 21.2 Å². The molecule has 6 nitrogen and oxygen atoms in total. The Morgan fingerprint density at radius 2 is 1.81 bits per heavy atom. The van der Waals surface area contributed by atoms with E-state index in [1.165, 1.54) is 0 Å². The zero-order valence-corrected chi connectivity index (χ0v) is 17.1. The van der Waals surface area contributed by atoms with Crippen LogP contribution < -0.4 is 5.32 Å². The first kappa shape index (κ1) is 20.9. The summed E-state index contributed by atoms with van der Waals surface area (Å²) in [6, 6.07) is 5.02. The third-order valence-corrected chi connectivity index (χ3v) is 6.60. The minimum Gasteiger partial charge on any atom is -0.326 e. The molecule has 146 valence electrons. The smallest absolute Gasteiger partial charge is 0.243 e. The van der Waals surface area contributed by atoms with E-state index in [2.05, 4.69) is 24.1 Å². The van der Waals surface area contributed by atoms with E-state index < -0.39 is 10.0 Å². The Kier molecular flexibility index (Phi) is 7.20. The number of sulfonamides is 1. The number of fused-ring (bicyclic) bond motifs is 1. The van der Waals surface area contributed by atoms with Gasteiger partial charge in [0, 0.05) is 31.7 Å². The number of nitrogens with one attached hydrogen (secondary N) is 1. The number of aryl methyl sites for hydroxylation is 1. The van der Waals surface area contributed by atoms with E-state index in [1.54, 1.807) is 22.5 Å². The van der Waals surface area contributed by atoms with Crippen LogP contribution in [0.2, 0.25) is 0 Å². The van der Waals surface area contributed by atoms with Gasteiger partial charge in [-0.3, -0.25) is 4.79 Å². The summed E-state index contributed by atoms with van der Waals surface area (Å²) in [6.07, 6.45) is 0.975. The fourth-order valence-corrected chi connectivity index (χ4v) is 4.82. The molecular formula is C19H31N3O3S. The van der Waals surface area contributed by atoms with Gasteiger partial charge >= 0.3 is 0 Å². The molecule has 7 heteroatoms. The van der Waals surface area contributed by atoms with E-state index in [1.807, 2.05) is 13.8 Å². The van der Waals surface area contributed by atoms with E-state index in [-0.39, 0.29) is 11.8 Å². The standard InChI is InChI=1S/C19H31N3O3S/c1-5-21(6-2)11-12-22(14-15(3)4)26(24,25)17-8-9-18-16(13-17)7-10-19(23)20-18/h8-9,13,15H,5-7,10-12,14H2,1-4H3,(H,20,23). The number of carbonyl (C=O) groups is 1. The molecule has 2 rings (SSSR count). The molecule has 1 aromatic rings. The maximum Gasteiger partial charge on any atom is 0.243 e. The molecule has 0 saturated carbocycles. The number of carbonyl (C=O) groups excluding carboxylic acids is 1. The van der Waals surface area contributed by atoms with Crippen molar-refractivity contribution < 1.29 is 13.2 Å². The second kappa shape index (κ2) is 8.97. The van der Waals surface area contributed by atoms with Gasteiger partial charge in [0.15, 0.2) is 0 Å². The SMILES string of the molecule is CCN(CC)CCN(CC(C)C)S(=O)(=O)c1ccc2c(c1)CCC(=O)N2. The first-order valence-corrected chi connectivity index (χ1v) is 10.9. The van der Waals surface area contributed by atoms with Gasteiger partial charge < -0.3 is 10.2 Å². The number of hydrogen-bond donors (Lipinski definition) is 1. The predicted molar refractivity (Wildman–Crippen MR) is 105 cm³/mol. The van der Waals surface area contributed by atoms with Crippen molar-refractivity contribution in [3.05, 3.63) is 23.8 Å². The highest BCUT2D eigenvalue weighted by atomic mass is 32.2. The largest absolute Gasteiger partial charge is 0.326 e. The molecule has 1 aliphatic rings. The summed E-state index contributed by atoms with van der Waals surface area (Å²) < 4.78 is 28.1. The minimum atomic E-state index is -3.56. The van der Waals surface area contributed by atoms with Crippen molar-refractivity contribution in [2.45, 2.75) is 45.4 Å². The van der Waals surface area contributed by atoms with Gasteiger partial charge in [-0.1, -0.05) is 27.7 Å². The number of rotatable bonds is 9. The van der Waals surface area contributed by atoms with Crippen molar-refractivity contribution in [1.82, 2.24) is 9.21 Å². The predicted octanol–water partition coefficient (Wildman–Crippen LogP) is 2.56. The Bertz CT molecular complexity index is 728. The van der Waals surface area contributed by atoms with Gasteiger partial charge in [0.05, 0.1) is 4.90 Å². The molecular weight excluding hydrogens is 350 g/mol. The summed E-state index contributed by atoms with van der Waals surface area (Å²) in [4.78, 5) is 14.0.